The first-order valence-electron chi connectivity index (χ1n) is 5.93. The highest BCUT2D eigenvalue weighted by Crippen LogP contribution is 2.26. The molecule has 1 heterocycles. The third-order valence-corrected chi connectivity index (χ3v) is 3.84. The van der Waals surface area contributed by atoms with Crippen LogP contribution in [0.3, 0.4) is 0 Å². The summed E-state index contributed by atoms with van der Waals surface area (Å²) in [6.07, 6.45) is 4.51. The van der Waals surface area contributed by atoms with Gasteiger partial charge in [-0.1, -0.05) is 0 Å². The summed E-state index contributed by atoms with van der Waals surface area (Å²) in [6.45, 7) is 3.70. The molecule has 1 atom stereocenters. The SMILES string of the molecule is CC(=O)C1CCN(C2CCC(=O)C2)CC1. The van der Waals surface area contributed by atoms with Gasteiger partial charge < -0.3 is 0 Å². The van der Waals surface area contributed by atoms with Crippen molar-refractivity contribution in [2.45, 2.75) is 45.1 Å². The Labute approximate surface area is 90.8 Å². The van der Waals surface area contributed by atoms with Gasteiger partial charge in [0.1, 0.15) is 11.6 Å². The molecular formula is C12H19NO2. The summed E-state index contributed by atoms with van der Waals surface area (Å²) in [6, 6.07) is 0.477. The third-order valence-electron chi connectivity index (χ3n) is 3.84. The van der Waals surface area contributed by atoms with E-state index < -0.39 is 0 Å². The van der Waals surface area contributed by atoms with Crippen LogP contribution in [-0.4, -0.2) is 35.6 Å². The van der Waals surface area contributed by atoms with E-state index in [1.54, 1.807) is 6.92 Å². The number of Topliss-reactive ketones (excluding diaryl/α,β-unsaturated/α-hetero) is 2. The summed E-state index contributed by atoms with van der Waals surface area (Å²) < 4.78 is 0. The molecule has 2 aliphatic rings. The lowest BCUT2D eigenvalue weighted by atomic mass is 9.92. The van der Waals surface area contributed by atoms with Crippen molar-refractivity contribution in [3.8, 4) is 0 Å². The van der Waals surface area contributed by atoms with E-state index in [2.05, 4.69) is 4.90 Å². The summed E-state index contributed by atoms with van der Waals surface area (Å²) >= 11 is 0. The molecule has 1 saturated heterocycles. The zero-order chi connectivity index (χ0) is 10.8. The van der Waals surface area contributed by atoms with E-state index in [-0.39, 0.29) is 5.92 Å². The van der Waals surface area contributed by atoms with Crippen molar-refractivity contribution in [2.75, 3.05) is 13.1 Å². The van der Waals surface area contributed by atoms with Crippen molar-refractivity contribution in [1.82, 2.24) is 4.90 Å². The Bertz CT molecular complexity index is 267. The Hall–Kier alpha value is -0.700. The number of carbonyl (C=O) groups excluding carboxylic acids is 2. The van der Waals surface area contributed by atoms with Gasteiger partial charge in [-0.2, -0.15) is 0 Å². The normalized spacial score (nSPS) is 29.7. The van der Waals surface area contributed by atoms with Gasteiger partial charge in [0.15, 0.2) is 0 Å². The molecule has 1 aliphatic heterocycles. The highest BCUT2D eigenvalue weighted by Gasteiger charge is 2.31. The van der Waals surface area contributed by atoms with Gasteiger partial charge >= 0.3 is 0 Å². The second-order valence-electron chi connectivity index (χ2n) is 4.86. The molecule has 0 N–H and O–H groups in total. The van der Waals surface area contributed by atoms with Crippen molar-refractivity contribution >= 4 is 11.6 Å². The Kier molecular flexibility index (Phi) is 3.19. The fraction of sp³-hybridized carbons (Fsp3) is 0.833. The minimum Gasteiger partial charge on any atom is -0.300 e. The van der Waals surface area contributed by atoms with Gasteiger partial charge in [0.25, 0.3) is 0 Å². The first-order valence-corrected chi connectivity index (χ1v) is 5.93. The third kappa shape index (κ3) is 2.46. The first kappa shape index (κ1) is 10.8. The number of piperidine rings is 1. The maximum Gasteiger partial charge on any atom is 0.134 e. The molecule has 2 rings (SSSR count). The first-order chi connectivity index (χ1) is 7.16. The second kappa shape index (κ2) is 4.44. The van der Waals surface area contributed by atoms with Gasteiger partial charge in [-0.25, -0.2) is 0 Å². The highest BCUT2D eigenvalue weighted by atomic mass is 16.1. The number of carbonyl (C=O) groups is 2. The fourth-order valence-electron chi connectivity index (χ4n) is 2.78. The molecular weight excluding hydrogens is 190 g/mol. The summed E-state index contributed by atoms with van der Waals surface area (Å²) in [5, 5.41) is 0. The Morgan fingerprint density at radius 3 is 2.40 bits per heavy atom. The second-order valence-corrected chi connectivity index (χ2v) is 4.86. The van der Waals surface area contributed by atoms with Crippen LogP contribution in [0.15, 0.2) is 0 Å². The summed E-state index contributed by atoms with van der Waals surface area (Å²) in [5.74, 6) is 1.02. The number of rotatable bonds is 2. The van der Waals surface area contributed by atoms with Gasteiger partial charge in [0.2, 0.25) is 0 Å². The molecule has 15 heavy (non-hydrogen) atoms. The van der Waals surface area contributed by atoms with E-state index in [0.717, 1.165) is 45.2 Å². The Balaban J connectivity index is 1.83. The lowest BCUT2D eigenvalue weighted by Gasteiger charge is -2.34. The molecule has 2 fully saturated rings. The van der Waals surface area contributed by atoms with Crippen molar-refractivity contribution in [3.63, 3.8) is 0 Å². The van der Waals surface area contributed by atoms with Crippen LogP contribution in [0.1, 0.15) is 39.0 Å². The van der Waals surface area contributed by atoms with Crippen LogP contribution in [0.2, 0.25) is 0 Å². The summed E-state index contributed by atoms with van der Waals surface area (Å²) in [7, 11) is 0. The monoisotopic (exact) mass is 209 g/mol. The summed E-state index contributed by atoms with van der Waals surface area (Å²) in [4.78, 5) is 24.8. The maximum absolute atomic E-state index is 11.2. The van der Waals surface area contributed by atoms with Gasteiger partial charge in [0.05, 0.1) is 0 Å². The largest absolute Gasteiger partial charge is 0.300 e. The molecule has 0 aromatic heterocycles. The van der Waals surface area contributed by atoms with Gasteiger partial charge in [-0.3, -0.25) is 14.5 Å². The van der Waals surface area contributed by atoms with Crippen LogP contribution in [0.4, 0.5) is 0 Å². The number of hydrogen-bond acceptors (Lipinski definition) is 3. The van der Waals surface area contributed by atoms with E-state index >= 15 is 0 Å². The number of likely N-dealkylation sites (tertiary alicyclic amines) is 1. The molecule has 0 spiro atoms. The smallest absolute Gasteiger partial charge is 0.134 e. The lowest BCUT2D eigenvalue weighted by Crippen LogP contribution is -2.41. The van der Waals surface area contributed by atoms with Crippen LogP contribution >= 0.6 is 0 Å². The van der Waals surface area contributed by atoms with Gasteiger partial charge in [-0.15, -0.1) is 0 Å². The van der Waals surface area contributed by atoms with Gasteiger partial charge in [0, 0.05) is 24.8 Å². The molecule has 0 aromatic carbocycles. The molecule has 0 radical (unpaired) electrons. The Morgan fingerprint density at radius 2 is 1.93 bits per heavy atom. The number of ketones is 2. The van der Waals surface area contributed by atoms with Crippen molar-refractivity contribution in [1.29, 1.82) is 0 Å². The van der Waals surface area contributed by atoms with E-state index in [1.807, 2.05) is 0 Å². The van der Waals surface area contributed by atoms with Crippen LogP contribution in [0, 0.1) is 5.92 Å². The molecule has 1 aliphatic carbocycles. The van der Waals surface area contributed by atoms with Crippen LogP contribution in [0.25, 0.3) is 0 Å². The molecule has 1 unspecified atom stereocenters. The van der Waals surface area contributed by atoms with E-state index in [9.17, 15) is 9.59 Å². The quantitative estimate of drug-likeness (QED) is 0.690. The maximum atomic E-state index is 11.2. The molecule has 0 bridgehead atoms. The average Bonchev–Trinajstić information content (AvgIpc) is 2.65. The zero-order valence-corrected chi connectivity index (χ0v) is 9.37. The summed E-state index contributed by atoms with van der Waals surface area (Å²) in [5.41, 5.74) is 0. The minimum atomic E-state index is 0.276. The van der Waals surface area contributed by atoms with Crippen molar-refractivity contribution < 1.29 is 9.59 Å². The molecule has 0 aromatic rings. The number of nitrogens with zero attached hydrogens (tertiary/aromatic N) is 1. The standard InChI is InChI=1S/C12H19NO2/c1-9(14)10-4-6-13(7-5-10)11-2-3-12(15)8-11/h10-11H,2-8H2,1H3. The molecule has 3 nitrogen and oxygen atoms in total. The fourth-order valence-corrected chi connectivity index (χ4v) is 2.78. The zero-order valence-electron chi connectivity index (χ0n) is 9.37. The van der Waals surface area contributed by atoms with Gasteiger partial charge in [-0.05, 0) is 39.3 Å². The predicted molar refractivity (Wildman–Crippen MR) is 57.6 cm³/mol. The highest BCUT2D eigenvalue weighted by molar-refractivity contribution is 5.81. The topological polar surface area (TPSA) is 37.4 Å². The van der Waals surface area contributed by atoms with E-state index in [0.29, 0.717) is 17.6 Å². The van der Waals surface area contributed by atoms with Crippen LogP contribution in [-0.2, 0) is 9.59 Å². The van der Waals surface area contributed by atoms with E-state index in [4.69, 9.17) is 0 Å². The minimum absolute atomic E-state index is 0.276. The lowest BCUT2D eigenvalue weighted by molar-refractivity contribution is -0.122. The molecule has 84 valence electrons. The van der Waals surface area contributed by atoms with Crippen LogP contribution in [0.5, 0.6) is 0 Å². The molecule has 0 amide bonds. The number of hydrogen-bond donors (Lipinski definition) is 0. The molecule has 1 saturated carbocycles. The molecule has 3 heteroatoms. The van der Waals surface area contributed by atoms with E-state index in [1.165, 1.54) is 0 Å². The predicted octanol–water partition coefficient (Wildman–Crippen LogP) is 1.41. The van der Waals surface area contributed by atoms with Crippen molar-refractivity contribution in [3.05, 3.63) is 0 Å². The van der Waals surface area contributed by atoms with Crippen molar-refractivity contribution in [2.24, 2.45) is 5.92 Å². The Morgan fingerprint density at radius 1 is 1.27 bits per heavy atom. The average molecular weight is 209 g/mol. The van der Waals surface area contributed by atoms with Crippen LogP contribution < -0.4 is 0 Å².